The number of benzene rings is 1. The maximum absolute atomic E-state index is 8.67. The standard InChI is InChI=1S/C20H27N3/c1-2-3-4-5-6-7-8-9-10-18-11-13-20(14-12-18)23-17-19(15-21)16-22/h11-14,17,23H,2-10H2,1H3. The van der Waals surface area contributed by atoms with Crippen LogP contribution in [-0.2, 0) is 6.42 Å². The Labute approximate surface area is 140 Å². The summed E-state index contributed by atoms with van der Waals surface area (Å²) < 4.78 is 0. The Bertz CT molecular complexity index is 528. The van der Waals surface area contributed by atoms with Crippen molar-refractivity contribution < 1.29 is 0 Å². The number of nitrogens with zero attached hydrogens (tertiary/aromatic N) is 2. The molecular formula is C20H27N3. The van der Waals surface area contributed by atoms with Crippen molar-refractivity contribution in [2.45, 2.75) is 64.7 Å². The molecule has 3 nitrogen and oxygen atoms in total. The van der Waals surface area contributed by atoms with Gasteiger partial charge >= 0.3 is 0 Å². The fourth-order valence-electron chi connectivity index (χ4n) is 2.48. The molecule has 0 saturated carbocycles. The summed E-state index contributed by atoms with van der Waals surface area (Å²) in [5, 5.41) is 20.3. The van der Waals surface area contributed by atoms with E-state index in [4.69, 9.17) is 10.5 Å². The first-order valence-corrected chi connectivity index (χ1v) is 8.66. The highest BCUT2D eigenvalue weighted by atomic mass is 14.8. The molecule has 1 N–H and O–H groups in total. The average molecular weight is 309 g/mol. The first-order valence-electron chi connectivity index (χ1n) is 8.66. The summed E-state index contributed by atoms with van der Waals surface area (Å²) in [6.45, 7) is 2.25. The van der Waals surface area contributed by atoms with Crippen LogP contribution in [0.15, 0.2) is 36.0 Å². The monoisotopic (exact) mass is 309 g/mol. The number of unbranched alkanes of at least 4 members (excludes halogenated alkanes) is 7. The van der Waals surface area contributed by atoms with Crippen LogP contribution in [0.3, 0.4) is 0 Å². The van der Waals surface area contributed by atoms with Crippen molar-refractivity contribution in [2.24, 2.45) is 0 Å². The molecule has 0 saturated heterocycles. The fraction of sp³-hybridized carbons (Fsp3) is 0.500. The number of nitrogens with one attached hydrogen (secondary N) is 1. The second kappa shape index (κ2) is 12.3. The van der Waals surface area contributed by atoms with Crippen LogP contribution in [0.2, 0.25) is 0 Å². The van der Waals surface area contributed by atoms with Gasteiger partial charge in [0.25, 0.3) is 0 Å². The second-order valence-corrected chi connectivity index (χ2v) is 5.85. The number of hydrogen-bond acceptors (Lipinski definition) is 3. The van der Waals surface area contributed by atoms with Gasteiger partial charge in [-0.25, -0.2) is 0 Å². The molecule has 1 rings (SSSR count). The van der Waals surface area contributed by atoms with Gasteiger partial charge in [0.1, 0.15) is 17.7 Å². The minimum absolute atomic E-state index is 0.0769. The Balaban J connectivity index is 2.21. The van der Waals surface area contributed by atoms with Gasteiger partial charge in [-0.1, -0.05) is 64.0 Å². The maximum Gasteiger partial charge on any atom is 0.145 e. The molecule has 0 radical (unpaired) electrons. The van der Waals surface area contributed by atoms with Crippen molar-refractivity contribution >= 4 is 5.69 Å². The highest BCUT2D eigenvalue weighted by molar-refractivity contribution is 5.50. The van der Waals surface area contributed by atoms with Crippen molar-refractivity contribution in [1.29, 1.82) is 10.5 Å². The number of anilines is 1. The van der Waals surface area contributed by atoms with E-state index in [0.29, 0.717) is 0 Å². The van der Waals surface area contributed by atoms with E-state index in [2.05, 4.69) is 24.4 Å². The Morgan fingerprint density at radius 2 is 1.48 bits per heavy atom. The van der Waals surface area contributed by atoms with Crippen LogP contribution >= 0.6 is 0 Å². The Hall–Kier alpha value is -2.26. The molecule has 1 aromatic carbocycles. The van der Waals surface area contributed by atoms with Crippen LogP contribution in [0.4, 0.5) is 5.69 Å². The van der Waals surface area contributed by atoms with Gasteiger partial charge in [0.05, 0.1) is 0 Å². The number of aryl methyl sites for hydroxylation is 1. The molecule has 0 aromatic heterocycles. The molecule has 0 heterocycles. The largest absolute Gasteiger partial charge is 0.360 e. The summed E-state index contributed by atoms with van der Waals surface area (Å²) in [4.78, 5) is 0. The smallest absolute Gasteiger partial charge is 0.145 e. The number of nitriles is 2. The zero-order valence-electron chi connectivity index (χ0n) is 14.1. The molecule has 23 heavy (non-hydrogen) atoms. The zero-order chi connectivity index (χ0) is 16.8. The Morgan fingerprint density at radius 3 is 2.04 bits per heavy atom. The lowest BCUT2D eigenvalue weighted by Crippen LogP contribution is -1.91. The topological polar surface area (TPSA) is 59.6 Å². The molecule has 1 aromatic rings. The van der Waals surface area contributed by atoms with E-state index < -0.39 is 0 Å². The molecule has 0 aliphatic carbocycles. The number of hydrogen-bond donors (Lipinski definition) is 1. The van der Waals surface area contributed by atoms with E-state index in [1.807, 2.05) is 24.3 Å². The zero-order valence-corrected chi connectivity index (χ0v) is 14.1. The molecule has 0 aliphatic rings. The molecule has 0 fully saturated rings. The minimum atomic E-state index is 0.0769. The molecular weight excluding hydrogens is 282 g/mol. The van der Waals surface area contributed by atoms with E-state index in [0.717, 1.165) is 12.1 Å². The average Bonchev–Trinajstić information content (AvgIpc) is 2.59. The van der Waals surface area contributed by atoms with E-state index >= 15 is 0 Å². The summed E-state index contributed by atoms with van der Waals surface area (Å²) in [5.41, 5.74) is 2.31. The van der Waals surface area contributed by atoms with Crippen LogP contribution in [0.1, 0.15) is 63.9 Å². The third-order valence-electron chi connectivity index (χ3n) is 3.90. The first kappa shape index (κ1) is 18.8. The van der Waals surface area contributed by atoms with Gasteiger partial charge in [0.15, 0.2) is 0 Å². The summed E-state index contributed by atoms with van der Waals surface area (Å²) in [6.07, 6.45) is 13.3. The highest BCUT2D eigenvalue weighted by Crippen LogP contribution is 2.14. The molecule has 0 unspecified atom stereocenters. The summed E-state index contributed by atoms with van der Waals surface area (Å²) in [7, 11) is 0. The third kappa shape index (κ3) is 8.69. The van der Waals surface area contributed by atoms with Crippen LogP contribution in [0.5, 0.6) is 0 Å². The Kier molecular flexibility index (Phi) is 10.0. The molecule has 0 amide bonds. The fourth-order valence-corrected chi connectivity index (χ4v) is 2.48. The predicted molar refractivity (Wildman–Crippen MR) is 95.7 cm³/mol. The number of rotatable bonds is 11. The lowest BCUT2D eigenvalue weighted by Gasteiger charge is -2.05. The van der Waals surface area contributed by atoms with Crippen LogP contribution in [0.25, 0.3) is 0 Å². The summed E-state index contributed by atoms with van der Waals surface area (Å²) in [6, 6.07) is 11.8. The molecule has 0 spiro atoms. The van der Waals surface area contributed by atoms with Gasteiger partial charge < -0.3 is 5.32 Å². The molecule has 0 aliphatic heterocycles. The van der Waals surface area contributed by atoms with Crippen molar-refractivity contribution in [1.82, 2.24) is 0 Å². The first-order chi connectivity index (χ1) is 11.3. The summed E-state index contributed by atoms with van der Waals surface area (Å²) in [5.74, 6) is 0. The SMILES string of the molecule is CCCCCCCCCCc1ccc(NC=C(C#N)C#N)cc1. The lowest BCUT2D eigenvalue weighted by atomic mass is 10.0. The van der Waals surface area contributed by atoms with E-state index in [9.17, 15) is 0 Å². The molecule has 122 valence electrons. The van der Waals surface area contributed by atoms with E-state index in [1.54, 1.807) is 0 Å². The molecule has 0 atom stereocenters. The predicted octanol–water partition coefficient (Wildman–Crippen LogP) is 5.71. The van der Waals surface area contributed by atoms with Crippen molar-refractivity contribution in [3.63, 3.8) is 0 Å². The quantitative estimate of drug-likeness (QED) is 0.420. The van der Waals surface area contributed by atoms with Gasteiger partial charge in [-0.3, -0.25) is 0 Å². The minimum Gasteiger partial charge on any atom is -0.360 e. The number of allylic oxidation sites excluding steroid dienone is 1. The third-order valence-corrected chi connectivity index (χ3v) is 3.90. The normalized spacial score (nSPS) is 9.70. The summed E-state index contributed by atoms with van der Waals surface area (Å²) >= 11 is 0. The van der Waals surface area contributed by atoms with Crippen molar-refractivity contribution in [3.8, 4) is 12.1 Å². The van der Waals surface area contributed by atoms with Gasteiger partial charge in [0.2, 0.25) is 0 Å². The van der Waals surface area contributed by atoms with E-state index in [-0.39, 0.29) is 5.57 Å². The van der Waals surface area contributed by atoms with Crippen LogP contribution in [-0.4, -0.2) is 0 Å². The van der Waals surface area contributed by atoms with Crippen molar-refractivity contribution in [3.05, 3.63) is 41.6 Å². The lowest BCUT2D eigenvalue weighted by molar-refractivity contribution is 0.575. The van der Waals surface area contributed by atoms with Gasteiger partial charge in [-0.2, -0.15) is 10.5 Å². The highest BCUT2D eigenvalue weighted by Gasteiger charge is 1.96. The van der Waals surface area contributed by atoms with Crippen LogP contribution < -0.4 is 5.32 Å². The molecule has 0 bridgehead atoms. The maximum atomic E-state index is 8.67. The van der Waals surface area contributed by atoms with Crippen LogP contribution in [0, 0.1) is 22.7 Å². The second-order valence-electron chi connectivity index (χ2n) is 5.85. The van der Waals surface area contributed by atoms with Gasteiger partial charge in [-0.15, -0.1) is 0 Å². The van der Waals surface area contributed by atoms with Crippen molar-refractivity contribution in [2.75, 3.05) is 5.32 Å². The van der Waals surface area contributed by atoms with Gasteiger partial charge in [-0.05, 0) is 30.5 Å². The Morgan fingerprint density at radius 1 is 0.913 bits per heavy atom. The molecule has 3 heteroatoms. The van der Waals surface area contributed by atoms with Gasteiger partial charge in [0, 0.05) is 11.9 Å². The van der Waals surface area contributed by atoms with E-state index in [1.165, 1.54) is 63.1 Å².